The summed E-state index contributed by atoms with van der Waals surface area (Å²) >= 11 is 0. The van der Waals surface area contributed by atoms with E-state index in [9.17, 15) is 4.79 Å². The van der Waals surface area contributed by atoms with Crippen LogP contribution in [0.15, 0.2) is 42.5 Å². The number of hydrogen-bond donors (Lipinski definition) is 0. The van der Waals surface area contributed by atoms with Gasteiger partial charge in [-0.25, -0.2) is 0 Å². The van der Waals surface area contributed by atoms with Crippen molar-refractivity contribution in [2.45, 2.75) is 27.4 Å². The number of esters is 1. The Balaban J connectivity index is 2.28. The highest BCUT2D eigenvalue weighted by Gasteiger charge is 2.15. The third kappa shape index (κ3) is 4.01. The Morgan fingerprint density at radius 1 is 1.00 bits per heavy atom. The van der Waals surface area contributed by atoms with Gasteiger partial charge >= 0.3 is 5.97 Å². The van der Waals surface area contributed by atoms with E-state index in [4.69, 9.17) is 14.2 Å². The zero-order valence-electron chi connectivity index (χ0n) is 13.1. The van der Waals surface area contributed by atoms with Crippen LogP contribution in [0.3, 0.4) is 0 Å². The van der Waals surface area contributed by atoms with Crippen LogP contribution in [0.5, 0.6) is 17.2 Å². The minimum Gasteiger partial charge on any atom is -0.493 e. The van der Waals surface area contributed by atoms with E-state index in [1.165, 1.54) is 6.92 Å². The van der Waals surface area contributed by atoms with Crippen LogP contribution in [0, 0.1) is 6.92 Å². The Hall–Kier alpha value is -2.49. The first kappa shape index (κ1) is 15.9. The first-order valence-corrected chi connectivity index (χ1v) is 7.23. The summed E-state index contributed by atoms with van der Waals surface area (Å²) in [4.78, 5) is 11.3. The number of carbonyl (C=O) groups excluding carboxylic acids is 1. The molecule has 0 saturated carbocycles. The molecule has 0 N–H and O–H groups in total. The Morgan fingerprint density at radius 3 is 2.32 bits per heavy atom. The van der Waals surface area contributed by atoms with E-state index in [0.29, 0.717) is 24.7 Å². The van der Waals surface area contributed by atoms with Gasteiger partial charge in [0.1, 0.15) is 12.4 Å². The summed E-state index contributed by atoms with van der Waals surface area (Å²) in [5, 5.41) is 0. The van der Waals surface area contributed by atoms with Gasteiger partial charge in [0, 0.05) is 12.5 Å². The van der Waals surface area contributed by atoms with Gasteiger partial charge in [-0.2, -0.15) is 0 Å². The molecule has 4 nitrogen and oxygen atoms in total. The average molecular weight is 300 g/mol. The molecule has 0 aliphatic rings. The first-order chi connectivity index (χ1) is 10.6. The lowest BCUT2D eigenvalue weighted by atomic mass is 10.1. The molecule has 0 aliphatic heterocycles. The summed E-state index contributed by atoms with van der Waals surface area (Å²) < 4.78 is 16.7. The molecule has 0 unspecified atom stereocenters. The summed E-state index contributed by atoms with van der Waals surface area (Å²) in [5.74, 6) is 1.28. The lowest BCUT2D eigenvalue weighted by molar-refractivity contribution is -0.132. The molecule has 0 saturated heterocycles. The van der Waals surface area contributed by atoms with Crippen LogP contribution in [0.2, 0.25) is 0 Å². The maximum atomic E-state index is 11.3. The molecule has 116 valence electrons. The largest absolute Gasteiger partial charge is 0.493 e. The molecule has 4 heteroatoms. The van der Waals surface area contributed by atoms with Gasteiger partial charge < -0.3 is 14.2 Å². The smallest absolute Gasteiger partial charge is 0.308 e. The van der Waals surface area contributed by atoms with Gasteiger partial charge in [0.25, 0.3) is 0 Å². The Labute approximate surface area is 130 Å². The predicted octanol–water partition coefficient (Wildman–Crippen LogP) is 3.90. The number of carbonyl (C=O) groups is 1. The third-order valence-electron chi connectivity index (χ3n) is 3.10. The summed E-state index contributed by atoms with van der Waals surface area (Å²) in [6.45, 7) is 6.13. The summed E-state index contributed by atoms with van der Waals surface area (Å²) in [6.07, 6.45) is 0. The van der Waals surface area contributed by atoms with E-state index in [0.717, 1.165) is 16.9 Å². The van der Waals surface area contributed by atoms with E-state index in [-0.39, 0.29) is 5.97 Å². The lowest BCUT2D eigenvalue weighted by Crippen LogP contribution is -2.06. The van der Waals surface area contributed by atoms with Crippen LogP contribution in [0.4, 0.5) is 0 Å². The molecule has 0 aromatic heterocycles. The van der Waals surface area contributed by atoms with Crippen LogP contribution in [-0.4, -0.2) is 12.6 Å². The highest BCUT2D eigenvalue weighted by molar-refractivity contribution is 5.71. The van der Waals surface area contributed by atoms with Crippen molar-refractivity contribution in [1.29, 1.82) is 0 Å². The summed E-state index contributed by atoms with van der Waals surface area (Å²) in [7, 11) is 0. The van der Waals surface area contributed by atoms with Crippen molar-refractivity contribution < 1.29 is 19.0 Å². The molecule has 22 heavy (non-hydrogen) atoms. The van der Waals surface area contributed by atoms with Gasteiger partial charge in [-0.3, -0.25) is 4.79 Å². The molecule has 0 atom stereocenters. The average Bonchev–Trinajstić information content (AvgIpc) is 2.50. The molecule has 0 aliphatic carbocycles. The second-order valence-electron chi connectivity index (χ2n) is 4.82. The molecular formula is C18H20O4. The fraction of sp³-hybridized carbons (Fsp3) is 0.278. The quantitative estimate of drug-likeness (QED) is 0.599. The van der Waals surface area contributed by atoms with Crippen LogP contribution in [0.1, 0.15) is 25.0 Å². The zero-order chi connectivity index (χ0) is 15.9. The monoisotopic (exact) mass is 300 g/mol. The van der Waals surface area contributed by atoms with E-state index in [2.05, 4.69) is 0 Å². The van der Waals surface area contributed by atoms with Gasteiger partial charge in [0.2, 0.25) is 0 Å². The van der Waals surface area contributed by atoms with Gasteiger partial charge in [-0.15, -0.1) is 0 Å². The fourth-order valence-corrected chi connectivity index (χ4v) is 2.10. The highest BCUT2D eigenvalue weighted by Crippen LogP contribution is 2.37. The van der Waals surface area contributed by atoms with Crippen LogP contribution in [-0.2, 0) is 11.4 Å². The third-order valence-corrected chi connectivity index (χ3v) is 3.10. The highest BCUT2D eigenvalue weighted by atomic mass is 16.6. The molecule has 0 bridgehead atoms. The molecule has 0 fully saturated rings. The van der Waals surface area contributed by atoms with Crippen molar-refractivity contribution in [3.63, 3.8) is 0 Å². The standard InChI is InChI=1S/C18H20O4/c1-4-20-16-10-11-17(22-14(3)19)18(13(16)2)21-12-15-8-6-5-7-9-15/h5-11H,4,12H2,1-3H3. The SMILES string of the molecule is CCOc1ccc(OC(C)=O)c(OCc2ccccc2)c1C. The van der Waals surface area contributed by atoms with Crippen molar-refractivity contribution >= 4 is 5.97 Å². The van der Waals surface area contributed by atoms with Gasteiger partial charge in [0.15, 0.2) is 11.5 Å². The Kier molecular flexibility index (Phi) is 5.42. The number of rotatable bonds is 6. The molecule has 0 amide bonds. The van der Waals surface area contributed by atoms with E-state index < -0.39 is 0 Å². The van der Waals surface area contributed by atoms with Crippen molar-refractivity contribution in [3.05, 3.63) is 53.6 Å². The molecule has 0 heterocycles. The van der Waals surface area contributed by atoms with Crippen LogP contribution < -0.4 is 14.2 Å². The topological polar surface area (TPSA) is 44.8 Å². The number of ether oxygens (including phenoxy) is 3. The minimum absolute atomic E-state index is 0.381. The lowest BCUT2D eigenvalue weighted by Gasteiger charge is -2.16. The molecule has 2 aromatic rings. The molecule has 2 rings (SSSR count). The van der Waals surface area contributed by atoms with Crippen LogP contribution in [0.25, 0.3) is 0 Å². The fourth-order valence-electron chi connectivity index (χ4n) is 2.10. The number of hydrogen-bond acceptors (Lipinski definition) is 4. The van der Waals surface area contributed by atoms with Crippen molar-refractivity contribution in [1.82, 2.24) is 0 Å². The molecular weight excluding hydrogens is 280 g/mol. The zero-order valence-corrected chi connectivity index (χ0v) is 13.1. The maximum Gasteiger partial charge on any atom is 0.308 e. The Bertz CT molecular complexity index is 635. The number of benzene rings is 2. The maximum absolute atomic E-state index is 11.3. The second kappa shape index (κ2) is 7.50. The summed E-state index contributed by atoms with van der Waals surface area (Å²) in [5.41, 5.74) is 1.86. The summed E-state index contributed by atoms with van der Waals surface area (Å²) in [6, 6.07) is 13.3. The first-order valence-electron chi connectivity index (χ1n) is 7.23. The van der Waals surface area contributed by atoms with Gasteiger partial charge in [0.05, 0.1) is 6.61 Å². The second-order valence-corrected chi connectivity index (χ2v) is 4.82. The van der Waals surface area contributed by atoms with E-state index >= 15 is 0 Å². The Morgan fingerprint density at radius 2 is 1.68 bits per heavy atom. The predicted molar refractivity (Wildman–Crippen MR) is 84.4 cm³/mol. The van der Waals surface area contributed by atoms with Crippen molar-refractivity contribution in [2.75, 3.05) is 6.61 Å². The molecule has 2 aromatic carbocycles. The minimum atomic E-state index is -0.381. The van der Waals surface area contributed by atoms with E-state index in [1.807, 2.05) is 44.2 Å². The van der Waals surface area contributed by atoms with Gasteiger partial charge in [-0.05, 0) is 31.5 Å². The van der Waals surface area contributed by atoms with Crippen molar-refractivity contribution in [2.24, 2.45) is 0 Å². The van der Waals surface area contributed by atoms with Gasteiger partial charge in [-0.1, -0.05) is 30.3 Å². The molecule has 0 radical (unpaired) electrons. The van der Waals surface area contributed by atoms with E-state index in [1.54, 1.807) is 12.1 Å². The molecule has 0 spiro atoms. The van der Waals surface area contributed by atoms with Crippen LogP contribution >= 0.6 is 0 Å². The van der Waals surface area contributed by atoms with Crippen molar-refractivity contribution in [3.8, 4) is 17.2 Å². The normalized spacial score (nSPS) is 10.1.